The number of nitrogens with zero attached hydrogens (tertiary/aromatic N) is 2. The van der Waals surface area contributed by atoms with Gasteiger partial charge in [0.25, 0.3) is 0 Å². The van der Waals surface area contributed by atoms with Gasteiger partial charge in [0.05, 0.1) is 18.9 Å². The summed E-state index contributed by atoms with van der Waals surface area (Å²) in [6.45, 7) is 3.95. The first kappa shape index (κ1) is 13.3. The molecule has 0 saturated heterocycles. The van der Waals surface area contributed by atoms with Crippen LogP contribution >= 0.6 is 0 Å². The van der Waals surface area contributed by atoms with Crippen LogP contribution < -0.4 is 15.2 Å². The minimum absolute atomic E-state index is 0.0520. The topological polar surface area (TPSA) is 62.3 Å². The van der Waals surface area contributed by atoms with Gasteiger partial charge in [0.15, 0.2) is 11.5 Å². The SMILES string of the molecule is COc1cccc(-c2cc(N)n(C)n2)c1OC(C)C. The van der Waals surface area contributed by atoms with Crippen molar-refractivity contribution in [1.82, 2.24) is 9.78 Å². The van der Waals surface area contributed by atoms with E-state index in [0.717, 1.165) is 11.3 Å². The Bertz CT molecular complexity index is 557. The molecule has 2 N–H and O–H groups in total. The predicted molar refractivity (Wildman–Crippen MR) is 75.4 cm³/mol. The second kappa shape index (κ2) is 5.22. The molecule has 102 valence electrons. The summed E-state index contributed by atoms with van der Waals surface area (Å²) in [5, 5.41) is 4.38. The second-order valence-corrected chi connectivity index (χ2v) is 4.58. The molecule has 19 heavy (non-hydrogen) atoms. The van der Waals surface area contributed by atoms with E-state index in [-0.39, 0.29) is 6.10 Å². The molecule has 1 aromatic carbocycles. The molecule has 2 aromatic rings. The lowest BCUT2D eigenvalue weighted by atomic mass is 10.1. The maximum absolute atomic E-state index is 5.86. The summed E-state index contributed by atoms with van der Waals surface area (Å²) in [7, 11) is 3.43. The van der Waals surface area contributed by atoms with Crippen molar-refractivity contribution < 1.29 is 9.47 Å². The zero-order chi connectivity index (χ0) is 14.0. The van der Waals surface area contributed by atoms with Crippen LogP contribution in [0.5, 0.6) is 11.5 Å². The third kappa shape index (κ3) is 2.65. The summed E-state index contributed by atoms with van der Waals surface area (Å²) >= 11 is 0. The number of hydrogen-bond donors (Lipinski definition) is 1. The van der Waals surface area contributed by atoms with Gasteiger partial charge in [-0.1, -0.05) is 6.07 Å². The first-order valence-electron chi connectivity index (χ1n) is 6.16. The zero-order valence-electron chi connectivity index (χ0n) is 11.7. The largest absolute Gasteiger partial charge is 0.493 e. The van der Waals surface area contributed by atoms with Gasteiger partial charge in [-0.3, -0.25) is 4.68 Å². The Hall–Kier alpha value is -2.17. The second-order valence-electron chi connectivity index (χ2n) is 4.58. The average Bonchev–Trinajstić information content (AvgIpc) is 2.69. The van der Waals surface area contributed by atoms with Gasteiger partial charge in [-0.05, 0) is 26.0 Å². The number of nitrogen functional groups attached to an aromatic ring is 1. The lowest BCUT2D eigenvalue weighted by molar-refractivity contribution is 0.231. The molecule has 0 radical (unpaired) electrons. The zero-order valence-corrected chi connectivity index (χ0v) is 11.7. The lowest BCUT2D eigenvalue weighted by Crippen LogP contribution is -2.08. The standard InChI is InChI=1S/C14H19N3O2/c1-9(2)19-14-10(6-5-7-12(14)18-4)11-8-13(15)17(3)16-11/h5-9H,15H2,1-4H3. The van der Waals surface area contributed by atoms with Gasteiger partial charge >= 0.3 is 0 Å². The quantitative estimate of drug-likeness (QED) is 0.918. The highest BCUT2D eigenvalue weighted by Gasteiger charge is 2.16. The van der Waals surface area contributed by atoms with E-state index < -0.39 is 0 Å². The molecule has 0 bridgehead atoms. The molecule has 5 heteroatoms. The highest BCUT2D eigenvalue weighted by molar-refractivity contribution is 5.72. The maximum Gasteiger partial charge on any atom is 0.170 e. The Balaban J connectivity index is 2.55. The van der Waals surface area contributed by atoms with Crippen molar-refractivity contribution >= 4 is 5.82 Å². The van der Waals surface area contributed by atoms with E-state index in [1.165, 1.54) is 0 Å². The summed E-state index contributed by atoms with van der Waals surface area (Å²) < 4.78 is 12.8. The van der Waals surface area contributed by atoms with Gasteiger partial charge in [-0.25, -0.2) is 0 Å². The molecular formula is C14H19N3O2. The molecule has 0 amide bonds. The number of hydrogen-bond acceptors (Lipinski definition) is 4. The Morgan fingerprint density at radius 3 is 2.58 bits per heavy atom. The van der Waals surface area contributed by atoms with Gasteiger partial charge in [0.1, 0.15) is 5.82 Å². The van der Waals surface area contributed by atoms with E-state index in [0.29, 0.717) is 17.3 Å². The van der Waals surface area contributed by atoms with Gasteiger partial charge < -0.3 is 15.2 Å². The predicted octanol–water partition coefficient (Wildman–Crippen LogP) is 2.47. The Morgan fingerprint density at radius 1 is 1.32 bits per heavy atom. The Labute approximate surface area is 112 Å². The van der Waals surface area contributed by atoms with Crippen LogP contribution in [0, 0.1) is 0 Å². The summed E-state index contributed by atoms with van der Waals surface area (Å²) in [5.74, 6) is 1.99. The summed E-state index contributed by atoms with van der Waals surface area (Å²) in [5.41, 5.74) is 7.48. The van der Waals surface area contributed by atoms with Crippen LogP contribution in [0.1, 0.15) is 13.8 Å². The smallest absolute Gasteiger partial charge is 0.170 e. The fourth-order valence-electron chi connectivity index (χ4n) is 1.85. The van der Waals surface area contributed by atoms with Crippen LogP contribution in [-0.4, -0.2) is 23.0 Å². The van der Waals surface area contributed by atoms with Crippen LogP contribution in [0.15, 0.2) is 24.3 Å². The Kier molecular flexibility index (Phi) is 3.64. The van der Waals surface area contributed by atoms with Crippen molar-refractivity contribution in [3.05, 3.63) is 24.3 Å². The van der Waals surface area contributed by atoms with Gasteiger partial charge in [-0.2, -0.15) is 5.10 Å². The number of para-hydroxylation sites is 1. The van der Waals surface area contributed by atoms with E-state index in [4.69, 9.17) is 15.2 Å². The molecule has 0 fully saturated rings. The monoisotopic (exact) mass is 261 g/mol. The van der Waals surface area contributed by atoms with Crippen molar-refractivity contribution in [1.29, 1.82) is 0 Å². The first-order chi connectivity index (χ1) is 9.02. The molecule has 0 unspecified atom stereocenters. The summed E-state index contributed by atoms with van der Waals surface area (Å²) in [6.07, 6.45) is 0.0520. The Morgan fingerprint density at radius 2 is 2.05 bits per heavy atom. The van der Waals surface area contributed by atoms with E-state index in [9.17, 15) is 0 Å². The number of nitrogens with two attached hydrogens (primary N) is 1. The van der Waals surface area contributed by atoms with Crippen LogP contribution in [0.4, 0.5) is 5.82 Å². The van der Waals surface area contributed by atoms with E-state index >= 15 is 0 Å². The maximum atomic E-state index is 5.86. The lowest BCUT2D eigenvalue weighted by Gasteiger charge is -2.16. The molecule has 5 nitrogen and oxygen atoms in total. The number of aromatic nitrogens is 2. The van der Waals surface area contributed by atoms with E-state index in [1.807, 2.05) is 45.2 Å². The van der Waals surface area contributed by atoms with Crippen molar-refractivity contribution in [3.8, 4) is 22.8 Å². The number of methoxy groups -OCH3 is 1. The fourth-order valence-corrected chi connectivity index (χ4v) is 1.85. The molecule has 0 aliphatic rings. The molecule has 0 saturated carbocycles. The molecule has 2 rings (SSSR count). The van der Waals surface area contributed by atoms with Crippen molar-refractivity contribution in [2.75, 3.05) is 12.8 Å². The molecular weight excluding hydrogens is 242 g/mol. The molecule has 0 spiro atoms. The third-order valence-corrected chi connectivity index (χ3v) is 2.74. The normalized spacial score (nSPS) is 10.8. The number of benzene rings is 1. The van der Waals surface area contributed by atoms with Crippen LogP contribution in [0.25, 0.3) is 11.3 Å². The highest BCUT2D eigenvalue weighted by atomic mass is 16.5. The molecule has 0 atom stereocenters. The van der Waals surface area contributed by atoms with Crippen molar-refractivity contribution in [2.45, 2.75) is 20.0 Å². The van der Waals surface area contributed by atoms with Crippen LogP contribution in [-0.2, 0) is 7.05 Å². The van der Waals surface area contributed by atoms with Crippen molar-refractivity contribution in [2.24, 2.45) is 7.05 Å². The van der Waals surface area contributed by atoms with Crippen LogP contribution in [0.3, 0.4) is 0 Å². The fraction of sp³-hybridized carbons (Fsp3) is 0.357. The van der Waals surface area contributed by atoms with Gasteiger partial charge in [0, 0.05) is 18.7 Å². The van der Waals surface area contributed by atoms with Crippen molar-refractivity contribution in [3.63, 3.8) is 0 Å². The van der Waals surface area contributed by atoms with Gasteiger partial charge in [-0.15, -0.1) is 0 Å². The summed E-state index contributed by atoms with van der Waals surface area (Å²) in [4.78, 5) is 0. The third-order valence-electron chi connectivity index (χ3n) is 2.74. The van der Waals surface area contributed by atoms with Gasteiger partial charge in [0.2, 0.25) is 0 Å². The first-order valence-corrected chi connectivity index (χ1v) is 6.16. The van der Waals surface area contributed by atoms with E-state index in [2.05, 4.69) is 5.10 Å². The average molecular weight is 261 g/mol. The number of rotatable bonds is 4. The summed E-state index contributed by atoms with van der Waals surface area (Å²) in [6, 6.07) is 7.55. The molecule has 0 aliphatic heterocycles. The minimum atomic E-state index is 0.0520. The number of anilines is 1. The molecule has 1 heterocycles. The molecule has 0 aliphatic carbocycles. The molecule has 1 aromatic heterocycles. The minimum Gasteiger partial charge on any atom is -0.493 e. The van der Waals surface area contributed by atoms with Crippen LogP contribution in [0.2, 0.25) is 0 Å². The highest BCUT2D eigenvalue weighted by Crippen LogP contribution is 2.38. The van der Waals surface area contributed by atoms with E-state index in [1.54, 1.807) is 11.8 Å². The number of ether oxygens (including phenoxy) is 2. The number of aryl methyl sites for hydroxylation is 1.